The van der Waals surface area contributed by atoms with Crippen LogP contribution in [0, 0.1) is 11.3 Å². The van der Waals surface area contributed by atoms with Crippen molar-refractivity contribution in [2.75, 3.05) is 6.54 Å². The van der Waals surface area contributed by atoms with Crippen molar-refractivity contribution >= 4 is 23.8 Å². The highest BCUT2D eigenvalue weighted by Crippen LogP contribution is 2.24. The predicted molar refractivity (Wildman–Crippen MR) is 106 cm³/mol. The Labute approximate surface area is 171 Å². The second-order valence-corrected chi connectivity index (χ2v) is 8.33. The maximum atomic E-state index is 12.7. The van der Waals surface area contributed by atoms with Crippen molar-refractivity contribution in [2.24, 2.45) is 11.3 Å². The number of carbonyl (C=O) groups is 4. The van der Waals surface area contributed by atoms with E-state index in [1.165, 1.54) is 11.9 Å². The number of esters is 1. The van der Waals surface area contributed by atoms with Gasteiger partial charge in [0.25, 0.3) is 11.8 Å². The Morgan fingerprint density at radius 2 is 1.93 bits per heavy atom. The van der Waals surface area contributed by atoms with Crippen molar-refractivity contribution in [3.63, 3.8) is 0 Å². The summed E-state index contributed by atoms with van der Waals surface area (Å²) < 4.78 is 5.45. The van der Waals surface area contributed by atoms with Gasteiger partial charge in [0.15, 0.2) is 6.10 Å². The number of allylic oxidation sites excluding steroid dienone is 1. The van der Waals surface area contributed by atoms with Gasteiger partial charge in [-0.05, 0) is 46.0 Å². The molecule has 29 heavy (non-hydrogen) atoms. The normalized spacial score (nSPS) is 19.2. The highest BCUT2D eigenvalue weighted by atomic mass is 16.5. The smallest absolute Gasteiger partial charge is 0.322 e. The highest BCUT2D eigenvalue weighted by molar-refractivity contribution is 5.90. The number of aliphatic carboxylic acids is 1. The van der Waals surface area contributed by atoms with E-state index in [1.807, 2.05) is 0 Å². The molecule has 1 aliphatic rings. The summed E-state index contributed by atoms with van der Waals surface area (Å²) in [4.78, 5) is 48.9. The number of nitrogens with zero attached hydrogens (tertiary/aromatic N) is 1. The van der Waals surface area contributed by atoms with E-state index >= 15 is 0 Å². The van der Waals surface area contributed by atoms with Crippen LogP contribution in [0.3, 0.4) is 0 Å². The van der Waals surface area contributed by atoms with E-state index < -0.39 is 47.4 Å². The number of carbonyl (C=O) groups excluding carboxylic acids is 3. The van der Waals surface area contributed by atoms with E-state index in [2.05, 4.69) is 17.3 Å². The van der Waals surface area contributed by atoms with Crippen molar-refractivity contribution in [1.29, 1.82) is 0 Å². The Morgan fingerprint density at radius 3 is 2.45 bits per heavy atom. The zero-order valence-corrected chi connectivity index (χ0v) is 17.9. The Balaban J connectivity index is 2.76. The molecule has 0 aliphatic carbocycles. The molecule has 3 atom stereocenters. The average Bonchev–Trinajstić information content (AvgIpc) is 2.64. The summed E-state index contributed by atoms with van der Waals surface area (Å²) in [6, 6.07) is -1.75. The van der Waals surface area contributed by atoms with Crippen LogP contribution < -0.4 is 10.7 Å². The van der Waals surface area contributed by atoms with Gasteiger partial charge in [-0.2, -0.15) is 0 Å². The van der Waals surface area contributed by atoms with E-state index in [9.17, 15) is 19.2 Å². The molecule has 0 bridgehead atoms. The molecule has 1 saturated heterocycles. The van der Waals surface area contributed by atoms with Crippen LogP contribution in [0.2, 0.25) is 0 Å². The molecular weight excluding hydrogens is 378 g/mol. The number of hydrogen-bond acceptors (Lipinski definition) is 6. The molecule has 0 aromatic rings. The van der Waals surface area contributed by atoms with E-state index in [-0.39, 0.29) is 5.92 Å². The topological polar surface area (TPSA) is 125 Å². The first-order valence-electron chi connectivity index (χ1n) is 9.83. The summed E-state index contributed by atoms with van der Waals surface area (Å²) >= 11 is 0. The van der Waals surface area contributed by atoms with E-state index in [1.54, 1.807) is 33.8 Å². The molecule has 3 N–H and O–H groups in total. The minimum atomic E-state index is -1.05. The summed E-state index contributed by atoms with van der Waals surface area (Å²) in [5.74, 6) is -2.88. The lowest BCUT2D eigenvalue weighted by Gasteiger charge is -2.34. The molecule has 0 radical (unpaired) electrons. The van der Waals surface area contributed by atoms with Gasteiger partial charge in [0.2, 0.25) is 0 Å². The molecular formula is C20H33N3O6. The zero-order chi connectivity index (χ0) is 22.4. The van der Waals surface area contributed by atoms with Crippen LogP contribution in [-0.2, 0) is 23.9 Å². The molecule has 0 saturated carbocycles. The molecule has 1 heterocycles. The lowest BCUT2D eigenvalue weighted by Crippen LogP contribution is -2.60. The third-order valence-corrected chi connectivity index (χ3v) is 4.78. The van der Waals surface area contributed by atoms with Crippen molar-refractivity contribution in [3.8, 4) is 0 Å². The summed E-state index contributed by atoms with van der Waals surface area (Å²) in [5, 5.41) is 12.9. The number of carboxylic acids is 1. The van der Waals surface area contributed by atoms with E-state index in [4.69, 9.17) is 9.84 Å². The summed E-state index contributed by atoms with van der Waals surface area (Å²) in [6.45, 7) is 12.4. The molecule has 0 aromatic carbocycles. The fourth-order valence-electron chi connectivity index (χ4n) is 2.93. The molecule has 9 nitrogen and oxygen atoms in total. The van der Waals surface area contributed by atoms with E-state index in [0.717, 1.165) is 0 Å². The van der Waals surface area contributed by atoms with Gasteiger partial charge in [0.05, 0.1) is 5.41 Å². The molecule has 0 aromatic heterocycles. The second kappa shape index (κ2) is 10.4. The van der Waals surface area contributed by atoms with Gasteiger partial charge >= 0.3 is 11.9 Å². The molecule has 0 spiro atoms. The number of nitrogens with one attached hydrogen (secondary N) is 2. The maximum absolute atomic E-state index is 12.7. The van der Waals surface area contributed by atoms with Gasteiger partial charge in [0.1, 0.15) is 12.1 Å². The Hall–Kier alpha value is -2.42. The van der Waals surface area contributed by atoms with Crippen LogP contribution in [0.4, 0.5) is 0 Å². The average molecular weight is 411 g/mol. The van der Waals surface area contributed by atoms with Gasteiger partial charge < -0.3 is 15.2 Å². The van der Waals surface area contributed by atoms with Gasteiger partial charge in [-0.3, -0.25) is 24.2 Å². The fourth-order valence-corrected chi connectivity index (χ4v) is 2.93. The summed E-state index contributed by atoms with van der Waals surface area (Å²) in [6.07, 6.45) is 1.93. The second-order valence-electron chi connectivity index (χ2n) is 8.33. The third-order valence-electron chi connectivity index (χ3n) is 4.78. The molecule has 2 amide bonds. The maximum Gasteiger partial charge on any atom is 0.322 e. The Kier molecular flexibility index (Phi) is 8.81. The molecule has 1 aliphatic heterocycles. The van der Waals surface area contributed by atoms with Crippen LogP contribution in [0.5, 0.6) is 0 Å². The van der Waals surface area contributed by atoms with Crippen LogP contribution in [0.25, 0.3) is 0 Å². The largest absolute Gasteiger partial charge is 0.480 e. The van der Waals surface area contributed by atoms with Crippen LogP contribution >= 0.6 is 0 Å². The third kappa shape index (κ3) is 6.85. The van der Waals surface area contributed by atoms with Crippen molar-refractivity contribution < 1.29 is 29.0 Å². The molecule has 3 unspecified atom stereocenters. The SMILES string of the molecule is C=CCC(C)(C)C(=O)OC(C(=O)NC(C)C(=O)N1CCCC(C(=O)O)N1)C(C)C. The standard InChI is InChI=1S/C20H33N3O6/c1-7-10-20(5,6)19(28)29-15(12(2)3)16(24)21-13(4)17(25)23-11-8-9-14(22-23)18(26)27/h7,12-15,22H,1,8-11H2,2-6H3,(H,21,24)(H,26,27). The first-order valence-corrected chi connectivity index (χ1v) is 9.83. The van der Waals surface area contributed by atoms with Gasteiger partial charge in [-0.15, -0.1) is 6.58 Å². The summed E-state index contributed by atoms with van der Waals surface area (Å²) in [5.41, 5.74) is 1.84. The molecule has 9 heteroatoms. The fraction of sp³-hybridized carbons (Fsp3) is 0.700. The number of carboxylic acid groups (broad SMARTS) is 1. The highest BCUT2D eigenvalue weighted by Gasteiger charge is 2.36. The quantitative estimate of drug-likeness (QED) is 0.385. The van der Waals surface area contributed by atoms with Crippen LogP contribution in [0.15, 0.2) is 12.7 Å². The Morgan fingerprint density at radius 1 is 1.31 bits per heavy atom. The molecule has 1 rings (SSSR count). The predicted octanol–water partition coefficient (Wildman–Crippen LogP) is 1.24. The number of hydrogen-bond donors (Lipinski definition) is 3. The monoisotopic (exact) mass is 411 g/mol. The van der Waals surface area contributed by atoms with Gasteiger partial charge in [0, 0.05) is 6.54 Å². The van der Waals surface area contributed by atoms with Crippen molar-refractivity contribution in [3.05, 3.63) is 12.7 Å². The van der Waals surface area contributed by atoms with E-state index in [0.29, 0.717) is 25.8 Å². The van der Waals surface area contributed by atoms with Crippen molar-refractivity contribution in [1.82, 2.24) is 15.8 Å². The summed E-state index contributed by atoms with van der Waals surface area (Å²) in [7, 11) is 0. The minimum Gasteiger partial charge on any atom is -0.480 e. The minimum absolute atomic E-state index is 0.301. The number of hydrazine groups is 1. The first-order chi connectivity index (χ1) is 13.4. The van der Waals surface area contributed by atoms with Crippen LogP contribution in [0.1, 0.15) is 53.9 Å². The first kappa shape index (κ1) is 24.6. The number of rotatable bonds is 9. The number of amides is 2. The van der Waals surface area contributed by atoms with Crippen LogP contribution in [-0.4, -0.2) is 58.6 Å². The Bertz CT molecular complexity index is 646. The van der Waals surface area contributed by atoms with Gasteiger partial charge in [-0.1, -0.05) is 19.9 Å². The molecule has 164 valence electrons. The number of ether oxygens (including phenoxy) is 1. The van der Waals surface area contributed by atoms with Crippen molar-refractivity contribution in [2.45, 2.75) is 72.1 Å². The zero-order valence-electron chi connectivity index (χ0n) is 17.9. The molecule has 1 fully saturated rings. The van der Waals surface area contributed by atoms with Gasteiger partial charge in [-0.25, -0.2) is 5.43 Å². The lowest BCUT2D eigenvalue weighted by molar-refractivity contribution is -0.167. The lowest BCUT2D eigenvalue weighted by atomic mass is 9.89.